The first kappa shape index (κ1) is 14.5. The summed E-state index contributed by atoms with van der Waals surface area (Å²) in [4.78, 5) is 5.12. The van der Waals surface area contributed by atoms with Crippen LogP contribution < -0.4 is 16.1 Å². The molecule has 4 rings (SSSR count). The molecule has 0 unspecified atom stereocenters. The summed E-state index contributed by atoms with van der Waals surface area (Å²) in [6, 6.07) is 24.7. The molecule has 0 aromatic heterocycles. The third kappa shape index (κ3) is 2.36. The van der Waals surface area contributed by atoms with Gasteiger partial charge in [0.15, 0.2) is 5.75 Å². The molecule has 24 heavy (non-hydrogen) atoms. The summed E-state index contributed by atoms with van der Waals surface area (Å²) >= 11 is 0. The lowest BCUT2D eigenvalue weighted by Crippen LogP contribution is -2.05. The fourth-order valence-corrected chi connectivity index (χ4v) is 3.15. The van der Waals surface area contributed by atoms with E-state index >= 15 is 0 Å². The first-order chi connectivity index (χ1) is 11.8. The molecular formula is C21H18N2O. The van der Waals surface area contributed by atoms with Crippen molar-refractivity contribution >= 4 is 32.9 Å². The van der Waals surface area contributed by atoms with Crippen LogP contribution in [0.4, 0.5) is 11.4 Å². The molecule has 3 N–H and O–H groups in total. The van der Waals surface area contributed by atoms with Crippen molar-refractivity contribution in [3.63, 3.8) is 0 Å². The third-order valence-corrected chi connectivity index (χ3v) is 4.41. The smallest absolute Gasteiger partial charge is 0.170 e. The summed E-state index contributed by atoms with van der Waals surface area (Å²) in [5, 5.41) is 8.16. The van der Waals surface area contributed by atoms with Crippen LogP contribution in [0.1, 0.15) is 5.56 Å². The van der Waals surface area contributed by atoms with Gasteiger partial charge in [0.05, 0.1) is 5.69 Å². The van der Waals surface area contributed by atoms with Crippen LogP contribution in [0.5, 0.6) is 5.75 Å². The predicted molar refractivity (Wildman–Crippen MR) is 101 cm³/mol. The van der Waals surface area contributed by atoms with E-state index in [4.69, 9.17) is 10.7 Å². The van der Waals surface area contributed by atoms with Crippen LogP contribution in [-0.2, 0) is 0 Å². The van der Waals surface area contributed by atoms with Crippen LogP contribution in [0.3, 0.4) is 0 Å². The molecule has 0 atom stereocenters. The van der Waals surface area contributed by atoms with E-state index in [-0.39, 0.29) is 0 Å². The number of anilines is 2. The Balaban J connectivity index is 1.96. The molecule has 3 heteroatoms. The molecule has 0 aliphatic rings. The summed E-state index contributed by atoms with van der Waals surface area (Å²) < 4.78 is 0. The summed E-state index contributed by atoms with van der Waals surface area (Å²) in [5.41, 5.74) is 3.13. The van der Waals surface area contributed by atoms with Crippen LogP contribution >= 0.6 is 0 Å². The molecule has 0 fully saturated rings. The monoisotopic (exact) mass is 314 g/mol. The van der Waals surface area contributed by atoms with Gasteiger partial charge in [0, 0.05) is 16.5 Å². The highest BCUT2D eigenvalue weighted by molar-refractivity contribution is 6.03. The van der Waals surface area contributed by atoms with E-state index < -0.39 is 0 Å². The lowest BCUT2D eigenvalue weighted by atomic mass is 10.0. The third-order valence-electron chi connectivity index (χ3n) is 4.41. The predicted octanol–water partition coefficient (Wildman–Crippen LogP) is 5.30. The molecule has 0 heterocycles. The van der Waals surface area contributed by atoms with E-state index in [0.29, 0.717) is 5.75 Å². The zero-order chi connectivity index (χ0) is 16.5. The van der Waals surface area contributed by atoms with Gasteiger partial charge in [0.25, 0.3) is 0 Å². The van der Waals surface area contributed by atoms with Crippen molar-refractivity contribution in [3.8, 4) is 5.75 Å². The second kappa shape index (κ2) is 5.87. The molecule has 0 saturated carbocycles. The van der Waals surface area contributed by atoms with Gasteiger partial charge in [-0.1, -0.05) is 66.7 Å². The highest BCUT2D eigenvalue weighted by atomic mass is 16.6. The summed E-state index contributed by atoms with van der Waals surface area (Å²) in [5.74, 6) is 6.13. The molecule has 118 valence electrons. The van der Waals surface area contributed by atoms with Gasteiger partial charge in [-0.3, -0.25) is 0 Å². The van der Waals surface area contributed by atoms with E-state index in [1.54, 1.807) is 0 Å². The molecule has 0 bridgehead atoms. The average molecular weight is 314 g/mol. The number of fused-ring (bicyclic) bond motifs is 2. The Kier molecular flexibility index (Phi) is 3.56. The molecule has 0 radical (unpaired) electrons. The Bertz CT molecular complexity index is 1040. The first-order valence-corrected chi connectivity index (χ1v) is 7.92. The highest BCUT2D eigenvalue weighted by Crippen LogP contribution is 2.38. The summed E-state index contributed by atoms with van der Waals surface area (Å²) in [6.45, 7) is 2.10. The van der Waals surface area contributed by atoms with Gasteiger partial charge in [0.2, 0.25) is 0 Å². The molecule has 0 aliphatic heterocycles. The van der Waals surface area contributed by atoms with E-state index in [2.05, 4.69) is 54.7 Å². The van der Waals surface area contributed by atoms with Crippen molar-refractivity contribution in [3.05, 3.63) is 78.4 Å². The van der Waals surface area contributed by atoms with Crippen LogP contribution in [0.25, 0.3) is 21.5 Å². The number of nitrogens with two attached hydrogens (primary N) is 1. The lowest BCUT2D eigenvalue weighted by Gasteiger charge is -2.17. The minimum Gasteiger partial charge on any atom is -0.409 e. The normalized spacial score (nSPS) is 10.9. The first-order valence-electron chi connectivity index (χ1n) is 7.92. The van der Waals surface area contributed by atoms with Crippen molar-refractivity contribution in [2.45, 2.75) is 6.92 Å². The number of aryl methyl sites for hydroxylation is 1. The quantitative estimate of drug-likeness (QED) is 0.505. The van der Waals surface area contributed by atoms with E-state index in [1.807, 2.05) is 30.3 Å². The van der Waals surface area contributed by atoms with Crippen LogP contribution in [-0.4, -0.2) is 0 Å². The van der Waals surface area contributed by atoms with Crippen molar-refractivity contribution in [2.75, 3.05) is 5.32 Å². The van der Waals surface area contributed by atoms with Gasteiger partial charge in [-0.15, -0.1) is 0 Å². The molecule has 4 aromatic rings. The van der Waals surface area contributed by atoms with Gasteiger partial charge in [0.1, 0.15) is 0 Å². The Morgan fingerprint density at radius 2 is 1.29 bits per heavy atom. The highest BCUT2D eigenvalue weighted by Gasteiger charge is 2.12. The fraction of sp³-hybridized carbons (Fsp3) is 0.0476. The average Bonchev–Trinajstić information content (AvgIpc) is 2.64. The van der Waals surface area contributed by atoms with E-state index in [1.165, 1.54) is 16.3 Å². The Morgan fingerprint density at radius 1 is 0.708 bits per heavy atom. The number of benzene rings is 4. The SMILES string of the molecule is Cc1ccc2ccccc2c1Nc1c(ON)ccc2ccccc12. The Labute approximate surface area is 140 Å². The van der Waals surface area contributed by atoms with E-state index in [0.717, 1.165) is 22.1 Å². The molecule has 0 aliphatic carbocycles. The zero-order valence-electron chi connectivity index (χ0n) is 13.4. The van der Waals surface area contributed by atoms with Gasteiger partial charge in [-0.05, 0) is 29.3 Å². The molecule has 3 nitrogen and oxygen atoms in total. The fourth-order valence-electron chi connectivity index (χ4n) is 3.15. The van der Waals surface area contributed by atoms with Crippen molar-refractivity contribution in [2.24, 2.45) is 5.90 Å². The number of hydrogen-bond donors (Lipinski definition) is 2. The number of nitrogens with one attached hydrogen (secondary N) is 1. The van der Waals surface area contributed by atoms with Crippen molar-refractivity contribution < 1.29 is 4.84 Å². The molecule has 4 aromatic carbocycles. The van der Waals surface area contributed by atoms with Crippen LogP contribution in [0.2, 0.25) is 0 Å². The maximum absolute atomic E-state index is 5.51. The molecule has 0 saturated heterocycles. The van der Waals surface area contributed by atoms with Crippen molar-refractivity contribution in [1.82, 2.24) is 0 Å². The summed E-state index contributed by atoms with van der Waals surface area (Å²) in [7, 11) is 0. The Morgan fingerprint density at radius 3 is 1.96 bits per heavy atom. The zero-order valence-corrected chi connectivity index (χ0v) is 13.4. The summed E-state index contributed by atoms with van der Waals surface area (Å²) in [6.07, 6.45) is 0. The van der Waals surface area contributed by atoms with Gasteiger partial charge >= 0.3 is 0 Å². The number of rotatable bonds is 3. The maximum atomic E-state index is 5.51. The topological polar surface area (TPSA) is 47.3 Å². The standard InChI is InChI=1S/C21H18N2O/c1-14-10-11-15-6-2-4-8-17(15)20(14)23-21-18-9-5-3-7-16(18)12-13-19(21)24-22/h2-13,23H,22H2,1H3. The lowest BCUT2D eigenvalue weighted by molar-refractivity contribution is 0.336. The second-order valence-corrected chi connectivity index (χ2v) is 5.88. The minimum atomic E-state index is 0.626. The van der Waals surface area contributed by atoms with Gasteiger partial charge in [-0.25, -0.2) is 0 Å². The molecular weight excluding hydrogens is 296 g/mol. The van der Waals surface area contributed by atoms with Gasteiger partial charge in [-0.2, -0.15) is 5.90 Å². The maximum Gasteiger partial charge on any atom is 0.170 e. The Hall–Kier alpha value is -3.04. The van der Waals surface area contributed by atoms with E-state index in [9.17, 15) is 0 Å². The van der Waals surface area contributed by atoms with Crippen LogP contribution in [0, 0.1) is 6.92 Å². The number of hydrogen-bond acceptors (Lipinski definition) is 3. The van der Waals surface area contributed by atoms with Crippen molar-refractivity contribution in [1.29, 1.82) is 0 Å². The van der Waals surface area contributed by atoms with Crippen LogP contribution in [0.15, 0.2) is 72.8 Å². The largest absolute Gasteiger partial charge is 0.409 e. The second-order valence-electron chi connectivity index (χ2n) is 5.88. The minimum absolute atomic E-state index is 0.626. The molecule has 0 amide bonds. The molecule has 0 spiro atoms. The van der Waals surface area contributed by atoms with Gasteiger partial charge < -0.3 is 10.2 Å².